The molecule has 2 rings (SSSR count). The normalized spacial score (nSPS) is 10.2. The van der Waals surface area contributed by atoms with Crippen molar-refractivity contribution in [1.29, 1.82) is 0 Å². The van der Waals surface area contributed by atoms with Crippen molar-refractivity contribution >= 4 is 16.7 Å². The molecule has 0 spiro atoms. The zero-order valence-electron chi connectivity index (χ0n) is 9.56. The Labute approximate surface area is 98.4 Å². The van der Waals surface area contributed by atoms with E-state index in [1.54, 1.807) is 31.4 Å². The fourth-order valence-electron chi connectivity index (χ4n) is 1.68. The molecule has 4 heteroatoms. The summed E-state index contributed by atoms with van der Waals surface area (Å²) in [6.07, 6.45) is 0. The molecule has 2 aromatic carbocycles. The van der Waals surface area contributed by atoms with E-state index < -0.39 is 5.97 Å². The van der Waals surface area contributed by atoms with Crippen LogP contribution in [0.2, 0.25) is 0 Å². The number of hydrogen-bond acceptors (Lipinski definition) is 4. The second-order valence-corrected chi connectivity index (χ2v) is 3.57. The molecule has 1 N–H and O–H groups in total. The van der Waals surface area contributed by atoms with Crippen molar-refractivity contribution in [2.75, 3.05) is 14.2 Å². The number of hydrogen-bond donors (Lipinski definition) is 1. The molecule has 0 aliphatic heterocycles. The summed E-state index contributed by atoms with van der Waals surface area (Å²) in [6, 6.07) is 8.31. The predicted molar refractivity (Wildman–Crippen MR) is 63.5 cm³/mol. The molecule has 0 aromatic heterocycles. The van der Waals surface area contributed by atoms with Gasteiger partial charge >= 0.3 is 5.97 Å². The lowest BCUT2D eigenvalue weighted by Gasteiger charge is -2.06. The molecule has 4 nitrogen and oxygen atoms in total. The van der Waals surface area contributed by atoms with Gasteiger partial charge < -0.3 is 14.6 Å². The summed E-state index contributed by atoms with van der Waals surface area (Å²) in [5.41, 5.74) is 0.322. The SMILES string of the molecule is COC(=O)c1cc(O)c2cc(OC)ccc2c1. The Hall–Kier alpha value is -2.23. The number of ether oxygens (including phenoxy) is 2. The molecule has 0 amide bonds. The van der Waals surface area contributed by atoms with Crippen LogP contribution in [0.25, 0.3) is 10.8 Å². The highest BCUT2D eigenvalue weighted by Crippen LogP contribution is 2.30. The van der Waals surface area contributed by atoms with Gasteiger partial charge in [0.1, 0.15) is 11.5 Å². The lowest BCUT2D eigenvalue weighted by Crippen LogP contribution is -2.00. The maximum atomic E-state index is 11.4. The molecule has 0 fully saturated rings. The molecule has 0 saturated heterocycles. The van der Waals surface area contributed by atoms with E-state index in [9.17, 15) is 9.90 Å². The third-order valence-corrected chi connectivity index (χ3v) is 2.56. The number of esters is 1. The van der Waals surface area contributed by atoms with E-state index in [1.165, 1.54) is 13.2 Å². The van der Waals surface area contributed by atoms with Gasteiger partial charge in [0.2, 0.25) is 0 Å². The fraction of sp³-hybridized carbons (Fsp3) is 0.154. The minimum atomic E-state index is -0.474. The number of carbonyl (C=O) groups excluding carboxylic acids is 1. The van der Waals surface area contributed by atoms with Crippen LogP contribution in [0, 0.1) is 0 Å². The average molecular weight is 232 g/mol. The smallest absolute Gasteiger partial charge is 0.338 e. The first-order valence-electron chi connectivity index (χ1n) is 5.05. The van der Waals surface area contributed by atoms with Crippen molar-refractivity contribution in [3.63, 3.8) is 0 Å². The van der Waals surface area contributed by atoms with Gasteiger partial charge in [0.25, 0.3) is 0 Å². The standard InChI is InChI=1S/C13H12O4/c1-16-10-4-3-8-5-9(13(15)17-2)6-12(14)11(8)7-10/h3-7,14H,1-2H3. The Balaban J connectivity index is 2.63. The van der Waals surface area contributed by atoms with Gasteiger partial charge in [-0.2, -0.15) is 0 Å². The molecule has 0 atom stereocenters. The summed E-state index contributed by atoms with van der Waals surface area (Å²) in [5, 5.41) is 11.2. The Morgan fingerprint density at radius 3 is 2.59 bits per heavy atom. The Bertz CT molecular complexity index is 575. The van der Waals surface area contributed by atoms with Crippen molar-refractivity contribution < 1.29 is 19.4 Å². The summed E-state index contributed by atoms with van der Waals surface area (Å²) >= 11 is 0. The molecule has 0 saturated carbocycles. The second kappa shape index (κ2) is 4.33. The Kier molecular flexibility index (Phi) is 2.87. The molecule has 0 radical (unpaired) electrons. The summed E-state index contributed by atoms with van der Waals surface area (Å²) in [6.45, 7) is 0. The van der Waals surface area contributed by atoms with E-state index >= 15 is 0 Å². The first kappa shape index (κ1) is 11.3. The van der Waals surface area contributed by atoms with Gasteiger partial charge in [0.15, 0.2) is 0 Å². The number of fused-ring (bicyclic) bond motifs is 1. The molecule has 0 heterocycles. The van der Waals surface area contributed by atoms with E-state index in [0.717, 1.165) is 5.39 Å². The molecule has 17 heavy (non-hydrogen) atoms. The van der Waals surface area contributed by atoms with Crippen LogP contribution in [0.4, 0.5) is 0 Å². The molecular formula is C13H12O4. The molecule has 0 aliphatic rings. The molecule has 0 unspecified atom stereocenters. The largest absolute Gasteiger partial charge is 0.507 e. The van der Waals surface area contributed by atoms with Gasteiger partial charge in [-0.15, -0.1) is 0 Å². The summed E-state index contributed by atoms with van der Waals surface area (Å²) in [5.74, 6) is 0.207. The highest BCUT2D eigenvalue weighted by Gasteiger charge is 2.10. The van der Waals surface area contributed by atoms with Crippen molar-refractivity contribution in [3.05, 3.63) is 35.9 Å². The zero-order valence-corrected chi connectivity index (χ0v) is 9.56. The third-order valence-electron chi connectivity index (χ3n) is 2.56. The van der Waals surface area contributed by atoms with Crippen LogP contribution in [-0.2, 0) is 4.74 Å². The number of phenols is 1. The molecule has 0 bridgehead atoms. The predicted octanol–water partition coefficient (Wildman–Crippen LogP) is 2.34. The highest BCUT2D eigenvalue weighted by atomic mass is 16.5. The number of phenolic OH excluding ortho intramolecular Hbond substituents is 1. The quantitative estimate of drug-likeness (QED) is 0.807. The molecule has 2 aromatic rings. The second-order valence-electron chi connectivity index (χ2n) is 3.57. The summed E-state index contributed by atoms with van der Waals surface area (Å²) in [7, 11) is 2.86. The van der Waals surface area contributed by atoms with Crippen molar-refractivity contribution in [3.8, 4) is 11.5 Å². The van der Waals surface area contributed by atoms with E-state index in [0.29, 0.717) is 16.7 Å². The van der Waals surface area contributed by atoms with Gasteiger partial charge in [-0.3, -0.25) is 0 Å². The maximum Gasteiger partial charge on any atom is 0.338 e. The van der Waals surface area contributed by atoms with Crippen LogP contribution in [0.15, 0.2) is 30.3 Å². The van der Waals surface area contributed by atoms with E-state index in [2.05, 4.69) is 4.74 Å². The molecule has 0 aliphatic carbocycles. The van der Waals surface area contributed by atoms with Gasteiger partial charge in [-0.25, -0.2) is 4.79 Å². The maximum absolute atomic E-state index is 11.4. The van der Waals surface area contributed by atoms with Crippen molar-refractivity contribution in [2.24, 2.45) is 0 Å². The van der Waals surface area contributed by atoms with Gasteiger partial charge in [-0.1, -0.05) is 6.07 Å². The number of rotatable bonds is 2. The first-order chi connectivity index (χ1) is 8.15. The zero-order chi connectivity index (χ0) is 12.4. The van der Waals surface area contributed by atoms with Gasteiger partial charge in [-0.05, 0) is 29.7 Å². The van der Waals surface area contributed by atoms with Crippen LogP contribution in [0.3, 0.4) is 0 Å². The summed E-state index contributed by atoms with van der Waals surface area (Å²) < 4.78 is 9.68. The van der Waals surface area contributed by atoms with Gasteiger partial charge in [0, 0.05) is 5.39 Å². The van der Waals surface area contributed by atoms with E-state index in [-0.39, 0.29) is 5.75 Å². The minimum Gasteiger partial charge on any atom is -0.507 e. The summed E-state index contributed by atoms with van der Waals surface area (Å²) in [4.78, 5) is 11.4. The van der Waals surface area contributed by atoms with Crippen LogP contribution in [0.1, 0.15) is 10.4 Å². The number of methoxy groups -OCH3 is 2. The third kappa shape index (κ3) is 2.01. The minimum absolute atomic E-state index is 0.0294. The van der Waals surface area contributed by atoms with Crippen molar-refractivity contribution in [2.45, 2.75) is 0 Å². The van der Waals surface area contributed by atoms with E-state index in [4.69, 9.17) is 4.74 Å². The van der Waals surface area contributed by atoms with E-state index in [1.807, 2.05) is 0 Å². The number of aromatic hydroxyl groups is 1. The first-order valence-corrected chi connectivity index (χ1v) is 5.05. The topological polar surface area (TPSA) is 55.8 Å². The highest BCUT2D eigenvalue weighted by molar-refractivity contribution is 5.98. The molecular weight excluding hydrogens is 220 g/mol. The lowest BCUT2D eigenvalue weighted by atomic mass is 10.1. The van der Waals surface area contributed by atoms with Crippen LogP contribution in [0.5, 0.6) is 11.5 Å². The lowest BCUT2D eigenvalue weighted by molar-refractivity contribution is 0.0600. The van der Waals surface area contributed by atoms with Gasteiger partial charge in [0.05, 0.1) is 19.8 Å². The van der Waals surface area contributed by atoms with Crippen LogP contribution >= 0.6 is 0 Å². The van der Waals surface area contributed by atoms with Crippen LogP contribution < -0.4 is 4.74 Å². The Morgan fingerprint density at radius 2 is 1.94 bits per heavy atom. The number of benzene rings is 2. The molecule has 88 valence electrons. The monoisotopic (exact) mass is 232 g/mol. The Morgan fingerprint density at radius 1 is 1.18 bits per heavy atom. The van der Waals surface area contributed by atoms with Crippen molar-refractivity contribution in [1.82, 2.24) is 0 Å². The fourth-order valence-corrected chi connectivity index (χ4v) is 1.68. The average Bonchev–Trinajstić information content (AvgIpc) is 2.37. The number of carbonyl (C=O) groups is 1. The van der Waals surface area contributed by atoms with Crippen LogP contribution in [-0.4, -0.2) is 25.3 Å².